The van der Waals surface area contributed by atoms with Crippen molar-refractivity contribution in [3.05, 3.63) is 82.2 Å². The van der Waals surface area contributed by atoms with Crippen molar-refractivity contribution in [3.63, 3.8) is 0 Å². The van der Waals surface area contributed by atoms with E-state index in [0.29, 0.717) is 31.6 Å². The second-order valence-corrected chi connectivity index (χ2v) is 8.28. The molecule has 3 aromatic rings. The third kappa shape index (κ3) is 4.36. The normalized spacial score (nSPS) is 19.8. The minimum absolute atomic E-state index is 0.0318. The molecule has 0 atom stereocenters. The van der Waals surface area contributed by atoms with Crippen LogP contribution in [-0.2, 0) is 11.8 Å². The minimum atomic E-state index is -0.886. The lowest BCUT2D eigenvalue weighted by Crippen LogP contribution is -2.57. The lowest BCUT2D eigenvalue weighted by atomic mass is 9.61. The molecule has 1 aromatic carbocycles. The maximum Gasteiger partial charge on any atom is 0.273 e. The van der Waals surface area contributed by atoms with Crippen LogP contribution in [-0.4, -0.2) is 34.5 Å². The van der Waals surface area contributed by atoms with E-state index in [1.54, 1.807) is 6.07 Å². The number of amides is 2. The number of nitrogens with zero attached hydrogens (tertiary/aromatic N) is 2. The number of hydrogen-bond acceptors (Lipinski definition) is 5. The van der Waals surface area contributed by atoms with E-state index in [1.165, 1.54) is 12.3 Å². The first-order chi connectivity index (χ1) is 15.4. The van der Waals surface area contributed by atoms with Crippen LogP contribution in [0.1, 0.15) is 51.9 Å². The summed E-state index contributed by atoms with van der Waals surface area (Å²) in [5.41, 5.74) is 0.962. The fourth-order valence-electron chi connectivity index (χ4n) is 4.04. The zero-order valence-corrected chi connectivity index (χ0v) is 18.2. The van der Waals surface area contributed by atoms with Gasteiger partial charge in [0.15, 0.2) is 5.69 Å². The van der Waals surface area contributed by atoms with Gasteiger partial charge in [0.25, 0.3) is 11.8 Å². The number of halogens is 2. The largest absolute Gasteiger partial charge is 0.361 e. The standard InChI is InChI=1S/C23H22ClFN4O3/c1-2-16-10-18(29-32-16)22(31)28-15-11-23(12-15,14-6-4-3-5-7-14)13-27-21(30)17-8-9-26-20(25)19(17)24/h3-10,15H,2,11-13H2,1H3,(H,27,30)(H,28,31). The summed E-state index contributed by atoms with van der Waals surface area (Å²) in [6.07, 6.45) is 3.11. The number of carbonyl (C=O) groups is 2. The van der Waals surface area contributed by atoms with Crippen molar-refractivity contribution in [2.45, 2.75) is 37.6 Å². The van der Waals surface area contributed by atoms with E-state index < -0.39 is 11.9 Å². The number of aromatic nitrogens is 2. The first-order valence-electron chi connectivity index (χ1n) is 10.3. The van der Waals surface area contributed by atoms with Gasteiger partial charge in [-0.25, -0.2) is 4.98 Å². The summed E-state index contributed by atoms with van der Waals surface area (Å²) in [7, 11) is 0. The van der Waals surface area contributed by atoms with Crippen LogP contribution in [0.5, 0.6) is 0 Å². The molecule has 1 aliphatic rings. The number of rotatable bonds is 7. The van der Waals surface area contributed by atoms with E-state index in [4.69, 9.17) is 16.1 Å². The van der Waals surface area contributed by atoms with E-state index in [9.17, 15) is 14.0 Å². The molecule has 1 fully saturated rings. The van der Waals surface area contributed by atoms with Gasteiger partial charge in [-0.2, -0.15) is 4.39 Å². The highest BCUT2D eigenvalue weighted by molar-refractivity contribution is 6.33. The summed E-state index contributed by atoms with van der Waals surface area (Å²) in [5, 5.41) is 9.34. The van der Waals surface area contributed by atoms with E-state index >= 15 is 0 Å². The number of carbonyl (C=O) groups excluding carboxylic acids is 2. The topological polar surface area (TPSA) is 97.1 Å². The summed E-state index contributed by atoms with van der Waals surface area (Å²) in [6, 6.07) is 12.7. The van der Waals surface area contributed by atoms with Gasteiger partial charge in [-0.1, -0.05) is 54.0 Å². The van der Waals surface area contributed by atoms with Crippen LogP contribution in [0.15, 0.2) is 53.2 Å². The Balaban J connectivity index is 1.45. The molecule has 2 N–H and O–H groups in total. The van der Waals surface area contributed by atoms with Crippen LogP contribution in [0.25, 0.3) is 0 Å². The molecule has 9 heteroatoms. The van der Waals surface area contributed by atoms with Gasteiger partial charge >= 0.3 is 0 Å². The van der Waals surface area contributed by atoms with Gasteiger partial charge in [-0.05, 0) is 24.5 Å². The molecule has 0 spiro atoms. The summed E-state index contributed by atoms with van der Waals surface area (Å²) >= 11 is 5.89. The van der Waals surface area contributed by atoms with Gasteiger partial charge in [-0.3, -0.25) is 9.59 Å². The average Bonchev–Trinajstić information content (AvgIpc) is 3.27. The van der Waals surface area contributed by atoms with Crippen LogP contribution in [0.3, 0.4) is 0 Å². The predicted octanol–water partition coefficient (Wildman–Crippen LogP) is 3.68. The van der Waals surface area contributed by atoms with Crippen molar-refractivity contribution < 1.29 is 18.5 Å². The fourth-order valence-corrected chi connectivity index (χ4v) is 4.24. The maximum absolute atomic E-state index is 13.6. The Morgan fingerprint density at radius 1 is 1.22 bits per heavy atom. The first-order valence-corrected chi connectivity index (χ1v) is 10.7. The molecule has 0 radical (unpaired) electrons. The molecule has 0 aliphatic heterocycles. The van der Waals surface area contributed by atoms with E-state index in [-0.39, 0.29) is 33.6 Å². The molecular formula is C23H22ClFN4O3. The van der Waals surface area contributed by atoms with Crippen molar-refractivity contribution in [2.24, 2.45) is 0 Å². The van der Waals surface area contributed by atoms with Crippen LogP contribution < -0.4 is 10.6 Å². The highest BCUT2D eigenvalue weighted by atomic mass is 35.5. The molecule has 4 rings (SSSR count). The summed E-state index contributed by atoms with van der Waals surface area (Å²) in [4.78, 5) is 28.6. The van der Waals surface area contributed by atoms with Crippen molar-refractivity contribution in [1.82, 2.24) is 20.8 Å². The number of nitrogens with one attached hydrogen (secondary N) is 2. The molecule has 2 amide bonds. The SMILES string of the molecule is CCc1cc(C(=O)NC2CC(CNC(=O)c3ccnc(F)c3Cl)(c3ccccc3)C2)no1. The first kappa shape index (κ1) is 22.0. The molecule has 7 nitrogen and oxygen atoms in total. The molecule has 2 heterocycles. The van der Waals surface area contributed by atoms with Gasteiger partial charge in [0.05, 0.1) is 5.56 Å². The number of pyridine rings is 1. The second kappa shape index (κ2) is 9.08. The molecular weight excluding hydrogens is 435 g/mol. The Hall–Kier alpha value is -3.26. The Kier molecular flexibility index (Phi) is 6.23. The van der Waals surface area contributed by atoms with Crippen molar-refractivity contribution in [2.75, 3.05) is 6.54 Å². The summed E-state index contributed by atoms with van der Waals surface area (Å²) < 4.78 is 18.7. The van der Waals surface area contributed by atoms with E-state index in [0.717, 1.165) is 5.56 Å². The van der Waals surface area contributed by atoms with Gasteiger partial charge in [0.1, 0.15) is 10.8 Å². The zero-order valence-electron chi connectivity index (χ0n) is 17.4. The fraction of sp³-hybridized carbons (Fsp3) is 0.304. The van der Waals surface area contributed by atoms with Gasteiger partial charge in [-0.15, -0.1) is 0 Å². The monoisotopic (exact) mass is 456 g/mol. The van der Waals surface area contributed by atoms with Gasteiger partial charge in [0, 0.05) is 36.7 Å². The zero-order chi connectivity index (χ0) is 22.7. The summed E-state index contributed by atoms with van der Waals surface area (Å²) in [5.74, 6) is -1.00. The van der Waals surface area contributed by atoms with Crippen molar-refractivity contribution >= 4 is 23.4 Å². The van der Waals surface area contributed by atoms with Crippen LogP contribution in [0, 0.1) is 5.95 Å². The third-order valence-electron chi connectivity index (χ3n) is 5.81. The minimum Gasteiger partial charge on any atom is -0.361 e. The van der Waals surface area contributed by atoms with Crippen molar-refractivity contribution in [3.8, 4) is 0 Å². The molecule has 0 bridgehead atoms. The third-order valence-corrected chi connectivity index (χ3v) is 6.17. The molecule has 1 saturated carbocycles. The lowest BCUT2D eigenvalue weighted by Gasteiger charge is -2.48. The number of benzene rings is 1. The van der Waals surface area contributed by atoms with Crippen LogP contribution in [0.4, 0.5) is 4.39 Å². The Bertz CT molecular complexity index is 1130. The maximum atomic E-state index is 13.6. The predicted molar refractivity (Wildman–Crippen MR) is 116 cm³/mol. The molecule has 2 aromatic heterocycles. The van der Waals surface area contributed by atoms with Gasteiger partial charge < -0.3 is 15.2 Å². The van der Waals surface area contributed by atoms with E-state index in [1.807, 2.05) is 37.3 Å². The Morgan fingerprint density at radius 3 is 2.66 bits per heavy atom. The average molecular weight is 457 g/mol. The van der Waals surface area contributed by atoms with E-state index in [2.05, 4.69) is 20.8 Å². The van der Waals surface area contributed by atoms with Crippen LogP contribution in [0.2, 0.25) is 5.02 Å². The quantitative estimate of drug-likeness (QED) is 0.528. The highest BCUT2D eigenvalue weighted by Crippen LogP contribution is 2.43. The second-order valence-electron chi connectivity index (χ2n) is 7.90. The Labute approximate surface area is 189 Å². The molecule has 0 unspecified atom stereocenters. The molecule has 166 valence electrons. The molecule has 1 aliphatic carbocycles. The van der Waals surface area contributed by atoms with Crippen LogP contribution >= 0.6 is 11.6 Å². The Morgan fingerprint density at radius 2 is 1.97 bits per heavy atom. The lowest BCUT2D eigenvalue weighted by molar-refractivity contribution is 0.0817. The molecule has 0 saturated heterocycles. The van der Waals surface area contributed by atoms with Crippen molar-refractivity contribution in [1.29, 1.82) is 0 Å². The number of aryl methyl sites for hydroxylation is 1. The summed E-state index contributed by atoms with van der Waals surface area (Å²) in [6.45, 7) is 2.23. The smallest absolute Gasteiger partial charge is 0.273 e. The number of hydrogen-bond donors (Lipinski definition) is 2. The van der Waals surface area contributed by atoms with Gasteiger partial charge in [0.2, 0.25) is 5.95 Å². The molecule has 32 heavy (non-hydrogen) atoms. The highest BCUT2D eigenvalue weighted by Gasteiger charge is 2.46.